The number of carbonyl (C=O) groups excluding carboxylic acids is 2. The van der Waals surface area contributed by atoms with Crippen LogP contribution in [0, 0.1) is 6.92 Å². The van der Waals surface area contributed by atoms with Crippen LogP contribution in [-0.4, -0.2) is 43.0 Å². The summed E-state index contributed by atoms with van der Waals surface area (Å²) in [5, 5.41) is 31.4. The zero-order valence-corrected chi connectivity index (χ0v) is 21.5. The third-order valence-corrected chi connectivity index (χ3v) is 7.03. The summed E-state index contributed by atoms with van der Waals surface area (Å²) in [5.41, 5.74) is 3.25. The Morgan fingerprint density at radius 3 is 2.42 bits per heavy atom. The lowest BCUT2D eigenvalue weighted by Crippen LogP contribution is -2.22. The topological polar surface area (TPSA) is 145 Å². The summed E-state index contributed by atoms with van der Waals surface area (Å²) in [6.45, 7) is 1.98. The molecule has 0 spiro atoms. The molecule has 10 heteroatoms. The van der Waals surface area contributed by atoms with Gasteiger partial charge in [0.2, 0.25) is 0 Å². The first-order valence-corrected chi connectivity index (χ1v) is 12.9. The van der Waals surface area contributed by atoms with Gasteiger partial charge in [0.05, 0.1) is 17.7 Å². The molecule has 4 heterocycles. The molecule has 2 aromatic heterocycles. The van der Waals surface area contributed by atoms with E-state index in [-0.39, 0.29) is 46.7 Å². The Morgan fingerprint density at radius 2 is 1.68 bits per heavy atom. The summed E-state index contributed by atoms with van der Waals surface area (Å²) < 4.78 is 5.67. The number of benzene rings is 2. The number of fused-ring (bicyclic) bond motifs is 3. The molecule has 2 aliphatic heterocycles. The number of Topliss-reactive ketones (excluding diaryl/α,β-unsaturated/α-hetero) is 1. The number of pyridine rings is 2. The molecule has 202 valence electrons. The molecule has 1 aliphatic carbocycles. The Labute approximate surface area is 229 Å². The molecule has 0 unspecified atom stereocenters. The number of ether oxygens (including phenoxy) is 1. The molecule has 10 nitrogen and oxygen atoms in total. The van der Waals surface area contributed by atoms with Crippen molar-refractivity contribution in [1.82, 2.24) is 9.97 Å². The van der Waals surface area contributed by atoms with Gasteiger partial charge < -0.3 is 30.3 Å². The van der Waals surface area contributed by atoms with E-state index in [1.54, 1.807) is 30.6 Å². The van der Waals surface area contributed by atoms with Gasteiger partial charge in [0.15, 0.2) is 11.6 Å². The van der Waals surface area contributed by atoms with Crippen LogP contribution in [0.3, 0.4) is 0 Å². The van der Waals surface area contributed by atoms with Crippen LogP contribution < -0.4 is 15.0 Å². The van der Waals surface area contributed by atoms with Crippen LogP contribution >= 0.6 is 0 Å². The van der Waals surface area contributed by atoms with Crippen molar-refractivity contribution in [2.24, 2.45) is 0 Å². The number of aromatic hydroxyl groups is 3. The van der Waals surface area contributed by atoms with Gasteiger partial charge in [0, 0.05) is 30.6 Å². The minimum atomic E-state index is -0.503. The van der Waals surface area contributed by atoms with Crippen molar-refractivity contribution >= 4 is 29.0 Å². The fourth-order valence-electron chi connectivity index (χ4n) is 4.91. The van der Waals surface area contributed by atoms with Gasteiger partial charge in [-0.25, -0.2) is 9.97 Å². The molecule has 1 fully saturated rings. The Bertz CT molecular complexity index is 1630. The number of ketones is 1. The van der Waals surface area contributed by atoms with E-state index in [4.69, 9.17) is 4.74 Å². The second-order valence-electron chi connectivity index (χ2n) is 9.92. The molecular weight excluding hydrogens is 512 g/mol. The summed E-state index contributed by atoms with van der Waals surface area (Å²) in [6, 6.07) is 14.7. The summed E-state index contributed by atoms with van der Waals surface area (Å²) in [4.78, 5) is 35.5. The SMILES string of the molecule is Cc1ccnc2c1NC(=O)c1cccnc1N2C1CC1.O=C1C[C@@H](c2ccc(O)cc2)Oc2cc(O)cc(O)c21. The fraction of sp³-hybridized carbons (Fsp3) is 0.200. The third kappa shape index (κ3) is 4.64. The number of carbonyl (C=O) groups is 2. The Hall–Kier alpha value is -5.12. The monoisotopic (exact) mass is 538 g/mol. The summed E-state index contributed by atoms with van der Waals surface area (Å²) in [5.74, 6) is 0.996. The number of hydrogen-bond donors (Lipinski definition) is 4. The lowest BCUT2D eigenvalue weighted by molar-refractivity contribution is 0.0844. The molecule has 1 saturated carbocycles. The highest BCUT2D eigenvalue weighted by atomic mass is 16.5. The molecule has 0 radical (unpaired) electrons. The molecule has 1 amide bonds. The second kappa shape index (κ2) is 9.88. The van der Waals surface area contributed by atoms with E-state index in [2.05, 4.69) is 20.2 Å². The average Bonchev–Trinajstić information content (AvgIpc) is 3.77. The molecule has 7 rings (SSSR count). The van der Waals surface area contributed by atoms with Gasteiger partial charge in [-0.05, 0) is 61.2 Å². The van der Waals surface area contributed by atoms with Crippen LogP contribution in [0.2, 0.25) is 0 Å². The van der Waals surface area contributed by atoms with E-state index in [9.17, 15) is 24.9 Å². The smallest absolute Gasteiger partial charge is 0.259 e. The number of hydrogen-bond acceptors (Lipinski definition) is 9. The number of nitrogens with one attached hydrogen (secondary N) is 1. The van der Waals surface area contributed by atoms with Crippen molar-refractivity contribution in [2.75, 3.05) is 10.2 Å². The van der Waals surface area contributed by atoms with E-state index in [0.717, 1.165) is 41.5 Å². The summed E-state index contributed by atoms with van der Waals surface area (Å²) in [6.07, 6.45) is 5.32. The Kier molecular flexibility index (Phi) is 6.22. The maximum atomic E-state index is 12.4. The molecule has 2 aromatic carbocycles. The van der Waals surface area contributed by atoms with Crippen LogP contribution in [0.4, 0.5) is 17.3 Å². The first kappa shape index (κ1) is 25.2. The molecule has 1 atom stereocenters. The average molecular weight is 539 g/mol. The fourth-order valence-corrected chi connectivity index (χ4v) is 4.91. The Balaban J connectivity index is 0.000000145. The predicted octanol–water partition coefficient (Wildman–Crippen LogP) is 5.16. The van der Waals surface area contributed by atoms with Gasteiger partial charge >= 0.3 is 0 Å². The van der Waals surface area contributed by atoms with Crippen molar-refractivity contribution in [1.29, 1.82) is 0 Å². The van der Waals surface area contributed by atoms with Crippen LogP contribution in [-0.2, 0) is 0 Å². The zero-order chi connectivity index (χ0) is 28.0. The minimum Gasteiger partial charge on any atom is -0.508 e. The Morgan fingerprint density at radius 1 is 0.925 bits per heavy atom. The quantitative estimate of drug-likeness (QED) is 0.272. The van der Waals surface area contributed by atoms with Crippen molar-refractivity contribution in [3.63, 3.8) is 0 Å². The van der Waals surface area contributed by atoms with Gasteiger partial charge in [-0.2, -0.15) is 0 Å². The maximum Gasteiger partial charge on any atom is 0.259 e. The number of aryl methyl sites for hydroxylation is 1. The molecule has 4 aromatic rings. The third-order valence-electron chi connectivity index (χ3n) is 7.03. The maximum absolute atomic E-state index is 12.4. The highest BCUT2D eigenvalue weighted by Crippen LogP contribution is 2.44. The van der Waals surface area contributed by atoms with Crippen LogP contribution in [0.1, 0.15) is 57.2 Å². The predicted molar refractivity (Wildman–Crippen MR) is 147 cm³/mol. The second-order valence-corrected chi connectivity index (χ2v) is 9.92. The lowest BCUT2D eigenvalue weighted by atomic mass is 9.95. The van der Waals surface area contributed by atoms with E-state index < -0.39 is 6.10 Å². The van der Waals surface area contributed by atoms with Crippen LogP contribution in [0.5, 0.6) is 23.0 Å². The van der Waals surface area contributed by atoms with Gasteiger partial charge in [0.1, 0.15) is 40.5 Å². The van der Waals surface area contributed by atoms with Crippen molar-refractivity contribution in [3.05, 3.63) is 89.2 Å². The molecule has 40 heavy (non-hydrogen) atoms. The normalized spacial score (nSPS) is 17.2. The van der Waals surface area contributed by atoms with Crippen molar-refractivity contribution in [3.8, 4) is 23.0 Å². The largest absolute Gasteiger partial charge is 0.508 e. The first-order valence-electron chi connectivity index (χ1n) is 12.9. The summed E-state index contributed by atoms with van der Waals surface area (Å²) in [7, 11) is 0. The highest BCUT2D eigenvalue weighted by molar-refractivity contribution is 6.12. The molecule has 0 bridgehead atoms. The standard InChI is InChI=1S/C15H14N4O.C15H12O5/c1-9-6-8-17-14-12(9)18-15(20)11-3-2-7-16-13(11)19(14)10-4-5-10;16-9-3-1-8(2-4-9)13-7-12(19)15-11(18)5-10(17)6-14(15)20-13/h2-3,6-8,10H,4-5H2,1H3,(H,18,20);1-6,13,16-18H,7H2/t;13-/m.0/s1. The molecule has 4 N–H and O–H groups in total. The minimum absolute atomic E-state index is 0.0934. The number of nitrogens with zero attached hydrogens (tertiary/aromatic N) is 3. The van der Waals surface area contributed by atoms with E-state index in [1.807, 2.05) is 19.1 Å². The molecular formula is C30H26N4O6. The van der Waals surface area contributed by atoms with Gasteiger partial charge in [-0.3, -0.25) is 9.59 Å². The van der Waals surface area contributed by atoms with Crippen LogP contribution in [0.15, 0.2) is 67.0 Å². The molecule has 0 saturated heterocycles. The van der Waals surface area contributed by atoms with E-state index >= 15 is 0 Å². The summed E-state index contributed by atoms with van der Waals surface area (Å²) >= 11 is 0. The van der Waals surface area contributed by atoms with Gasteiger partial charge in [0.25, 0.3) is 5.91 Å². The van der Waals surface area contributed by atoms with E-state index in [1.165, 1.54) is 18.2 Å². The van der Waals surface area contributed by atoms with Gasteiger partial charge in [-0.15, -0.1) is 0 Å². The zero-order valence-electron chi connectivity index (χ0n) is 21.5. The first-order chi connectivity index (χ1) is 19.3. The number of anilines is 3. The number of aromatic nitrogens is 2. The number of phenols is 3. The highest BCUT2D eigenvalue weighted by Gasteiger charge is 2.38. The van der Waals surface area contributed by atoms with Crippen LogP contribution in [0.25, 0.3) is 0 Å². The van der Waals surface area contributed by atoms with E-state index in [0.29, 0.717) is 17.4 Å². The number of amides is 1. The molecule has 3 aliphatic rings. The number of phenolic OH excluding ortho intramolecular Hbond substituents is 3. The number of rotatable bonds is 2. The van der Waals surface area contributed by atoms with Gasteiger partial charge in [-0.1, -0.05) is 12.1 Å². The lowest BCUT2D eigenvalue weighted by Gasteiger charge is -2.26. The van der Waals surface area contributed by atoms with Crippen molar-refractivity contribution in [2.45, 2.75) is 38.3 Å². The van der Waals surface area contributed by atoms with Crippen molar-refractivity contribution < 1.29 is 29.6 Å².